The average Bonchev–Trinajstić information content (AvgIpc) is 2.62. The van der Waals surface area contributed by atoms with Crippen molar-refractivity contribution in [1.82, 2.24) is 10.2 Å². The van der Waals surface area contributed by atoms with Gasteiger partial charge in [-0.1, -0.05) is 36.8 Å². The summed E-state index contributed by atoms with van der Waals surface area (Å²) < 4.78 is 5.77. The van der Waals surface area contributed by atoms with E-state index in [1.165, 1.54) is 0 Å². The highest BCUT2D eigenvalue weighted by molar-refractivity contribution is 5.85. The maximum absolute atomic E-state index is 12.0. The molecule has 0 bridgehead atoms. The van der Waals surface area contributed by atoms with Crippen molar-refractivity contribution in [3.63, 3.8) is 0 Å². The van der Waals surface area contributed by atoms with Crippen molar-refractivity contribution in [2.24, 2.45) is 0 Å². The standard InChI is InChI=1S/C19H28N2O4.ClH/c1-15(16-8-3-2-4-9-16)25-13-7-11-20-18(22)14-21-12-6-5-10-17(21)19(23)24;/h2-4,8-9,15,17H,5-7,10-14H2,1H3,(H,20,22)(H,23,24);1H. The normalized spacial score (nSPS) is 18.6. The van der Waals surface area contributed by atoms with Crippen LogP contribution in [-0.4, -0.2) is 54.2 Å². The molecule has 26 heavy (non-hydrogen) atoms. The summed E-state index contributed by atoms with van der Waals surface area (Å²) in [7, 11) is 0. The first kappa shape index (κ1) is 22.4. The number of nitrogens with zero attached hydrogens (tertiary/aromatic N) is 1. The Kier molecular flexibility index (Phi) is 10.2. The Morgan fingerprint density at radius 1 is 1.31 bits per heavy atom. The molecule has 1 aliphatic heterocycles. The molecule has 1 aromatic rings. The Labute approximate surface area is 161 Å². The summed E-state index contributed by atoms with van der Waals surface area (Å²) in [6, 6.07) is 9.48. The molecule has 1 fully saturated rings. The highest BCUT2D eigenvalue weighted by Crippen LogP contribution is 2.17. The molecular weight excluding hydrogens is 356 g/mol. The number of carboxylic acid groups (broad SMARTS) is 1. The van der Waals surface area contributed by atoms with Crippen LogP contribution in [0.5, 0.6) is 0 Å². The van der Waals surface area contributed by atoms with Gasteiger partial charge in [0.05, 0.1) is 12.6 Å². The van der Waals surface area contributed by atoms with Crippen LogP contribution in [0.3, 0.4) is 0 Å². The summed E-state index contributed by atoms with van der Waals surface area (Å²) in [4.78, 5) is 25.0. The van der Waals surface area contributed by atoms with Crippen LogP contribution in [0.15, 0.2) is 30.3 Å². The van der Waals surface area contributed by atoms with E-state index in [2.05, 4.69) is 5.32 Å². The molecule has 7 heteroatoms. The van der Waals surface area contributed by atoms with Gasteiger partial charge in [0.15, 0.2) is 0 Å². The zero-order chi connectivity index (χ0) is 18.1. The number of nitrogens with one attached hydrogen (secondary N) is 1. The predicted octanol–water partition coefficient (Wildman–Crippen LogP) is 2.63. The Balaban J connectivity index is 0.00000338. The Bertz CT molecular complexity index is 556. The van der Waals surface area contributed by atoms with Crippen LogP contribution in [-0.2, 0) is 14.3 Å². The molecule has 2 unspecified atom stereocenters. The molecule has 0 spiro atoms. The van der Waals surface area contributed by atoms with Gasteiger partial charge in [0, 0.05) is 13.2 Å². The van der Waals surface area contributed by atoms with Gasteiger partial charge in [-0.2, -0.15) is 0 Å². The van der Waals surface area contributed by atoms with Crippen LogP contribution in [0, 0.1) is 0 Å². The molecule has 0 saturated carbocycles. The van der Waals surface area contributed by atoms with Gasteiger partial charge in [-0.25, -0.2) is 0 Å². The minimum Gasteiger partial charge on any atom is -0.480 e. The molecule has 1 saturated heterocycles. The lowest BCUT2D eigenvalue weighted by atomic mass is 10.0. The summed E-state index contributed by atoms with van der Waals surface area (Å²) in [5.74, 6) is -0.958. The summed E-state index contributed by atoms with van der Waals surface area (Å²) in [5, 5.41) is 12.1. The van der Waals surface area contributed by atoms with Crippen molar-refractivity contribution >= 4 is 24.3 Å². The third-order valence-electron chi connectivity index (χ3n) is 4.53. The summed E-state index contributed by atoms with van der Waals surface area (Å²) in [6.45, 7) is 3.93. The topological polar surface area (TPSA) is 78.9 Å². The third-order valence-corrected chi connectivity index (χ3v) is 4.53. The lowest BCUT2D eigenvalue weighted by Gasteiger charge is -2.32. The molecule has 1 heterocycles. The van der Waals surface area contributed by atoms with E-state index >= 15 is 0 Å². The quantitative estimate of drug-likeness (QED) is 0.640. The number of aliphatic carboxylic acids is 1. The number of piperidine rings is 1. The van der Waals surface area contributed by atoms with E-state index in [0.717, 1.165) is 24.8 Å². The largest absolute Gasteiger partial charge is 0.480 e. The molecule has 146 valence electrons. The van der Waals surface area contributed by atoms with Gasteiger partial charge >= 0.3 is 5.97 Å². The highest BCUT2D eigenvalue weighted by atomic mass is 35.5. The smallest absolute Gasteiger partial charge is 0.320 e. The van der Waals surface area contributed by atoms with Gasteiger partial charge in [0.2, 0.25) is 5.91 Å². The van der Waals surface area contributed by atoms with E-state index in [-0.39, 0.29) is 31.0 Å². The Hall–Kier alpha value is -1.63. The molecule has 0 radical (unpaired) electrons. The molecule has 1 aromatic carbocycles. The Morgan fingerprint density at radius 2 is 2.04 bits per heavy atom. The number of halogens is 1. The summed E-state index contributed by atoms with van der Waals surface area (Å²) in [6.07, 6.45) is 3.23. The highest BCUT2D eigenvalue weighted by Gasteiger charge is 2.29. The second-order valence-electron chi connectivity index (χ2n) is 6.45. The van der Waals surface area contributed by atoms with Crippen molar-refractivity contribution in [2.75, 3.05) is 26.2 Å². The van der Waals surface area contributed by atoms with Gasteiger partial charge in [-0.3, -0.25) is 14.5 Å². The fourth-order valence-corrected chi connectivity index (χ4v) is 3.08. The van der Waals surface area contributed by atoms with Crippen LogP contribution in [0.1, 0.15) is 44.3 Å². The van der Waals surface area contributed by atoms with Crippen LogP contribution in [0.2, 0.25) is 0 Å². The molecule has 0 aromatic heterocycles. The van der Waals surface area contributed by atoms with E-state index in [0.29, 0.717) is 26.1 Å². The fraction of sp³-hybridized carbons (Fsp3) is 0.579. The third kappa shape index (κ3) is 7.32. The average molecular weight is 385 g/mol. The molecular formula is C19H29ClN2O4. The van der Waals surface area contributed by atoms with E-state index in [1.807, 2.05) is 37.3 Å². The van der Waals surface area contributed by atoms with Crippen LogP contribution in [0.4, 0.5) is 0 Å². The van der Waals surface area contributed by atoms with E-state index in [4.69, 9.17) is 4.74 Å². The predicted molar refractivity (Wildman–Crippen MR) is 103 cm³/mol. The van der Waals surface area contributed by atoms with E-state index in [1.54, 1.807) is 4.90 Å². The fourth-order valence-electron chi connectivity index (χ4n) is 3.08. The molecule has 0 aliphatic carbocycles. The van der Waals surface area contributed by atoms with Gasteiger partial charge < -0.3 is 15.2 Å². The number of likely N-dealkylation sites (tertiary alicyclic amines) is 1. The number of carboxylic acids is 1. The second-order valence-corrected chi connectivity index (χ2v) is 6.45. The van der Waals surface area contributed by atoms with Crippen molar-refractivity contribution in [3.05, 3.63) is 35.9 Å². The molecule has 1 aliphatic rings. The van der Waals surface area contributed by atoms with E-state index in [9.17, 15) is 14.7 Å². The van der Waals surface area contributed by atoms with Crippen LogP contribution >= 0.6 is 12.4 Å². The van der Waals surface area contributed by atoms with Crippen molar-refractivity contribution < 1.29 is 19.4 Å². The number of rotatable bonds is 9. The summed E-state index contributed by atoms with van der Waals surface area (Å²) >= 11 is 0. The first-order valence-electron chi connectivity index (χ1n) is 8.98. The molecule has 2 rings (SSSR count). The lowest BCUT2D eigenvalue weighted by molar-refractivity contribution is -0.145. The van der Waals surface area contributed by atoms with Gasteiger partial charge in [0.1, 0.15) is 6.04 Å². The number of amides is 1. The van der Waals surface area contributed by atoms with Crippen molar-refractivity contribution in [2.45, 2.75) is 44.8 Å². The van der Waals surface area contributed by atoms with Crippen LogP contribution < -0.4 is 5.32 Å². The minimum atomic E-state index is -0.837. The van der Waals surface area contributed by atoms with Gasteiger partial charge in [-0.15, -0.1) is 12.4 Å². The van der Waals surface area contributed by atoms with Gasteiger partial charge in [-0.05, 0) is 38.3 Å². The maximum atomic E-state index is 12.0. The lowest BCUT2D eigenvalue weighted by Crippen LogP contribution is -2.49. The number of benzene rings is 1. The Morgan fingerprint density at radius 3 is 2.73 bits per heavy atom. The molecule has 2 N–H and O–H groups in total. The van der Waals surface area contributed by atoms with Gasteiger partial charge in [0.25, 0.3) is 0 Å². The van der Waals surface area contributed by atoms with E-state index < -0.39 is 12.0 Å². The monoisotopic (exact) mass is 384 g/mol. The zero-order valence-electron chi connectivity index (χ0n) is 15.2. The molecule has 6 nitrogen and oxygen atoms in total. The number of carbonyl (C=O) groups is 2. The number of ether oxygens (including phenoxy) is 1. The first-order valence-corrected chi connectivity index (χ1v) is 8.98. The van der Waals surface area contributed by atoms with Crippen molar-refractivity contribution in [1.29, 1.82) is 0 Å². The molecule has 1 amide bonds. The minimum absolute atomic E-state index is 0. The number of hydrogen-bond donors (Lipinski definition) is 2. The zero-order valence-corrected chi connectivity index (χ0v) is 16.0. The molecule has 2 atom stereocenters. The SMILES string of the molecule is CC(OCCCNC(=O)CN1CCCCC1C(=O)O)c1ccccc1.Cl. The van der Waals surface area contributed by atoms with Crippen molar-refractivity contribution in [3.8, 4) is 0 Å². The second kappa shape index (κ2) is 11.9. The van der Waals surface area contributed by atoms with Crippen LogP contribution in [0.25, 0.3) is 0 Å². The summed E-state index contributed by atoms with van der Waals surface area (Å²) in [5.41, 5.74) is 1.14. The number of hydrogen-bond acceptors (Lipinski definition) is 4. The number of carbonyl (C=O) groups excluding carboxylic acids is 1. The maximum Gasteiger partial charge on any atom is 0.320 e. The first-order chi connectivity index (χ1) is 12.1.